The highest BCUT2D eigenvalue weighted by Crippen LogP contribution is 2.32. The van der Waals surface area contributed by atoms with Crippen LogP contribution in [0.4, 0.5) is 5.69 Å². The zero-order valence-corrected chi connectivity index (χ0v) is 20.8. The van der Waals surface area contributed by atoms with Crippen LogP contribution in [0, 0.1) is 6.92 Å². The fourth-order valence-electron chi connectivity index (χ4n) is 3.49. The summed E-state index contributed by atoms with van der Waals surface area (Å²) in [7, 11) is 1.56. The van der Waals surface area contributed by atoms with Crippen molar-refractivity contribution in [3.05, 3.63) is 76.3 Å². The van der Waals surface area contributed by atoms with Crippen molar-refractivity contribution in [1.29, 1.82) is 0 Å². The van der Waals surface area contributed by atoms with Crippen molar-refractivity contribution >= 4 is 51.6 Å². The van der Waals surface area contributed by atoms with E-state index in [-0.39, 0.29) is 5.11 Å². The van der Waals surface area contributed by atoms with Gasteiger partial charge in [0.1, 0.15) is 11.3 Å². The third-order valence-electron chi connectivity index (χ3n) is 5.37. The summed E-state index contributed by atoms with van der Waals surface area (Å²) in [5.41, 5.74) is 5.30. The van der Waals surface area contributed by atoms with Crippen molar-refractivity contribution in [2.75, 3.05) is 12.4 Å². The average molecular weight is 494 g/mol. The van der Waals surface area contributed by atoms with Crippen molar-refractivity contribution in [2.24, 2.45) is 0 Å². The molecule has 0 bridgehead atoms. The van der Waals surface area contributed by atoms with Crippen LogP contribution in [0.2, 0.25) is 5.02 Å². The van der Waals surface area contributed by atoms with E-state index in [0.717, 1.165) is 16.6 Å². The maximum absolute atomic E-state index is 12.6. The summed E-state index contributed by atoms with van der Waals surface area (Å²) in [6.45, 7) is 6.18. The largest absolute Gasteiger partial charge is 0.495 e. The Morgan fingerprint density at radius 2 is 1.91 bits per heavy atom. The number of carbonyl (C=O) groups is 1. The SMILES string of the molecule is COc1ccc(-c2nc3cc(C(C)C)ccc3o2)cc1NC(=S)NC(=O)c1ccc(C)cc1Cl. The van der Waals surface area contributed by atoms with Gasteiger partial charge in [0.2, 0.25) is 5.89 Å². The molecular weight excluding hydrogens is 470 g/mol. The maximum Gasteiger partial charge on any atom is 0.258 e. The van der Waals surface area contributed by atoms with Crippen LogP contribution in [0.1, 0.15) is 41.3 Å². The summed E-state index contributed by atoms with van der Waals surface area (Å²) in [5, 5.41) is 6.14. The molecule has 2 N–H and O–H groups in total. The van der Waals surface area contributed by atoms with Gasteiger partial charge in [0.05, 0.1) is 23.4 Å². The van der Waals surface area contributed by atoms with E-state index in [9.17, 15) is 4.79 Å². The predicted octanol–water partition coefficient (Wildman–Crippen LogP) is 6.72. The quantitative estimate of drug-likeness (QED) is 0.301. The number of aromatic nitrogens is 1. The van der Waals surface area contributed by atoms with Gasteiger partial charge in [-0.3, -0.25) is 10.1 Å². The maximum atomic E-state index is 12.6. The first-order valence-electron chi connectivity index (χ1n) is 10.7. The molecule has 174 valence electrons. The third kappa shape index (κ3) is 5.05. The summed E-state index contributed by atoms with van der Waals surface area (Å²) < 4.78 is 11.4. The third-order valence-corrected chi connectivity index (χ3v) is 5.89. The number of nitrogens with one attached hydrogen (secondary N) is 2. The van der Waals surface area contributed by atoms with Crippen LogP contribution in [0.5, 0.6) is 5.75 Å². The molecule has 0 unspecified atom stereocenters. The molecule has 0 atom stereocenters. The van der Waals surface area contributed by atoms with E-state index in [1.54, 1.807) is 25.3 Å². The Hall–Kier alpha value is -3.42. The molecule has 1 aromatic heterocycles. The van der Waals surface area contributed by atoms with E-state index < -0.39 is 5.91 Å². The Kier molecular flexibility index (Phi) is 6.86. The van der Waals surface area contributed by atoms with Crippen molar-refractivity contribution < 1.29 is 13.9 Å². The number of oxazole rings is 1. The molecule has 3 aromatic carbocycles. The number of carbonyl (C=O) groups excluding carboxylic acids is 1. The number of aryl methyl sites for hydroxylation is 1. The predicted molar refractivity (Wildman–Crippen MR) is 140 cm³/mol. The standard InChI is InChI=1S/C26H24ClN3O3S/c1-14(2)16-6-10-23-21(12-16)28-25(33-23)17-7-9-22(32-4)20(13-17)29-26(34)30-24(31)18-8-5-15(3)11-19(18)27/h5-14H,1-4H3,(H2,29,30,31,34). The van der Waals surface area contributed by atoms with Gasteiger partial charge in [-0.2, -0.15) is 0 Å². The summed E-state index contributed by atoms with van der Waals surface area (Å²) in [6, 6.07) is 16.7. The molecule has 34 heavy (non-hydrogen) atoms. The fourth-order valence-corrected chi connectivity index (χ4v) is 4.02. The second-order valence-corrected chi connectivity index (χ2v) is 9.02. The first-order chi connectivity index (χ1) is 16.2. The molecular formula is C26H24ClN3O3S. The van der Waals surface area contributed by atoms with Crippen LogP contribution in [0.15, 0.2) is 59.0 Å². The average Bonchev–Trinajstić information content (AvgIpc) is 3.22. The lowest BCUT2D eigenvalue weighted by Gasteiger charge is -2.14. The molecule has 0 fully saturated rings. The van der Waals surface area contributed by atoms with Gasteiger partial charge in [0.15, 0.2) is 10.7 Å². The molecule has 0 saturated carbocycles. The molecule has 8 heteroatoms. The number of methoxy groups -OCH3 is 1. The zero-order chi connectivity index (χ0) is 24.4. The molecule has 0 spiro atoms. The van der Waals surface area contributed by atoms with Gasteiger partial charge in [-0.05, 0) is 78.7 Å². The van der Waals surface area contributed by atoms with Crippen LogP contribution in [0.25, 0.3) is 22.6 Å². The van der Waals surface area contributed by atoms with Crippen LogP contribution >= 0.6 is 23.8 Å². The van der Waals surface area contributed by atoms with Gasteiger partial charge in [-0.1, -0.05) is 37.6 Å². The van der Waals surface area contributed by atoms with Crippen LogP contribution in [-0.2, 0) is 0 Å². The first-order valence-corrected chi connectivity index (χ1v) is 11.5. The zero-order valence-electron chi connectivity index (χ0n) is 19.2. The number of fused-ring (bicyclic) bond motifs is 1. The van der Waals surface area contributed by atoms with Crippen molar-refractivity contribution in [3.8, 4) is 17.2 Å². The smallest absolute Gasteiger partial charge is 0.258 e. The topological polar surface area (TPSA) is 76.4 Å². The molecule has 0 aliphatic carbocycles. The molecule has 1 amide bonds. The Balaban J connectivity index is 1.57. The number of nitrogens with zero attached hydrogens (tertiary/aromatic N) is 1. The van der Waals surface area contributed by atoms with Gasteiger partial charge in [-0.15, -0.1) is 0 Å². The second-order valence-electron chi connectivity index (χ2n) is 8.21. The minimum atomic E-state index is -0.405. The molecule has 6 nitrogen and oxygen atoms in total. The Morgan fingerprint density at radius 1 is 1.12 bits per heavy atom. The highest BCUT2D eigenvalue weighted by atomic mass is 35.5. The van der Waals surface area contributed by atoms with Crippen LogP contribution < -0.4 is 15.4 Å². The van der Waals surface area contributed by atoms with Gasteiger partial charge in [0, 0.05) is 5.56 Å². The number of benzene rings is 3. The minimum absolute atomic E-state index is 0.108. The Labute approximate surface area is 208 Å². The van der Waals surface area contributed by atoms with Gasteiger partial charge in [-0.25, -0.2) is 4.98 Å². The number of hydrogen-bond donors (Lipinski definition) is 2. The highest BCUT2D eigenvalue weighted by molar-refractivity contribution is 7.80. The molecule has 1 heterocycles. The molecule has 0 radical (unpaired) electrons. The number of anilines is 1. The van der Waals surface area contributed by atoms with E-state index >= 15 is 0 Å². The summed E-state index contributed by atoms with van der Waals surface area (Å²) >= 11 is 11.6. The van der Waals surface area contributed by atoms with Crippen LogP contribution in [0.3, 0.4) is 0 Å². The monoisotopic (exact) mass is 493 g/mol. The normalized spacial score (nSPS) is 11.0. The number of amides is 1. The van der Waals surface area contributed by atoms with Gasteiger partial charge >= 0.3 is 0 Å². The van der Waals surface area contributed by atoms with Crippen molar-refractivity contribution in [3.63, 3.8) is 0 Å². The highest BCUT2D eigenvalue weighted by Gasteiger charge is 2.16. The Bertz CT molecular complexity index is 1400. The lowest BCUT2D eigenvalue weighted by Crippen LogP contribution is -2.34. The van der Waals surface area contributed by atoms with E-state index in [2.05, 4.69) is 29.5 Å². The van der Waals surface area contributed by atoms with Gasteiger partial charge in [0.25, 0.3) is 5.91 Å². The fraction of sp³-hybridized carbons (Fsp3) is 0.192. The van der Waals surface area contributed by atoms with E-state index in [1.807, 2.05) is 43.3 Å². The molecule has 0 aliphatic heterocycles. The number of rotatable bonds is 5. The van der Waals surface area contributed by atoms with Crippen LogP contribution in [-0.4, -0.2) is 23.1 Å². The lowest BCUT2D eigenvalue weighted by atomic mass is 10.0. The molecule has 0 saturated heterocycles. The van der Waals surface area contributed by atoms with Crippen molar-refractivity contribution in [1.82, 2.24) is 10.3 Å². The molecule has 0 aliphatic rings. The number of halogens is 1. The number of hydrogen-bond acceptors (Lipinski definition) is 5. The number of thiocarbonyl (C=S) groups is 1. The minimum Gasteiger partial charge on any atom is -0.495 e. The molecule has 4 rings (SSSR count). The summed E-state index contributed by atoms with van der Waals surface area (Å²) in [5.74, 6) is 1.01. The van der Waals surface area contributed by atoms with E-state index in [4.69, 9.17) is 33.0 Å². The summed E-state index contributed by atoms with van der Waals surface area (Å²) in [4.78, 5) is 17.3. The number of ether oxygens (including phenoxy) is 1. The first kappa shape index (κ1) is 23.7. The second kappa shape index (κ2) is 9.83. The lowest BCUT2D eigenvalue weighted by molar-refractivity contribution is 0.0978. The molecule has 4 aromatic rings. The van der Waals surface area contributed by atoms with E-state index in [0.29, 0.717) is 39.4 Å². The summed E-state index contributed by atoms with van der Waals surface area (Å²) in [6.07, 6.45) is 0. The van der Waals surface area contributed by atoms with Gasteiger partial charge < -0.3 is 14.5 Å². The Morgan fingerprint density at radius 3 is 2.62 bits per heavy atom. The van der Waals surface area contributed by atoms with E-state index in [1.165, 1.54) is 5.56 Å². The van der Waals surface area contributed by atoms with Crippen molar-refractivity contribution in [2.45, 2.75) is 26.7 Å².